The molecule has 0 aliphatic heterocycles. The van der Waals surface area contributed by atoms with Crippen LogP contribution >= 0.6 is 51.4 Å². The summed E-state index contributed by atoms with van der Waals surface area (Å²) in [5.41, 5.74) is 0.333. The number of fused-ring (bicyclic) bond motifs is 2. The Bertz CT molecular complexity index is 1850. The summed E-state index contributed by atoms with van der Waals surface area (Å²) in [5.74, 6) is -0.0802. The predicted molar refractivity (Wildman–Crippen MR) is 168 cm³/mol. The standard InChI is InChI=1S/C12H13BrN2O3S.C12H14N2O3S.BHNS/c1-6(16)4-5-15-10(17)8-7(2)9(13)19-11(8)14(3)12(15)18;1-7-6-18-11-9(7)10(16)14(5-4-8(2)15)12(17)13(11)3;1-2-3/h4-5H2,1-3H3;6H,4-5H2,1-3H3;3H. The minimum absolute atomic E-state index is 0.0360. The van der Waals surface area contributed by atoms with Crippen LogP contribution in [0.15, 0.2) is 32.6 Å². The Morgan fingerprint density at radius 1 is 0.900 bits per heavy atom. The topological polar surface area (TPSA) is 134 Å². The Hall–Kier alpha value is -2.69. The number of nitrogens with zero attached hydrogens (tertiary/aromatic N) is 5. The summed E-state index contributed by atoms with van der Waals surface area (Å²) in [5, 5.41) is 2.98. The van der Waals surface area contributed by atoms with Crippen molar-refractivity contribution in [2.24, 2.45) is 18.4 Å². The molecule has 0 atom stereocenters. The Balaban J connectivity index is 0.000000256. The van der Waals surface area contributed by atoms with E-state index in [1.807, 2.05) is 19.2 Å². The molecule has 4 aromatic heterocycles. The Kier molecular flexibility index (Phi) is 12.0. The first-order chi connectivity index (χ1) is 18.7. The number of thiophene rings is 2. The monoisotopic (exact) mass is 668 g/mol. The zero-order chi connectivity index (χ0) is 30.5. The summed E-state index contributed by atoms with van der Waals surface area (Å²) in [6.07, 6.45) is 0.384. The van der Waals surface area contributed by atoms with Gasteiger partial charge in [-0.2, -0.15) is 0 Å². The fourth-order valence-electron chi connectivity index (χ4n) is 3.81. The molecule has 40 heavy (non-hydrogen) atoms. The zero-order valence-corrected chi connectivity index (χ0v) is 26.9. The van der Waals surface area contributed by atoms with E-state index in [1.165, 1.54) is 45.7 Å². The first kappa shape index (κ1) is 33.5. The van der Waals surface area contributed by atoms with Gasteiger partial charge in [0.2, 0.25) is 0 Å². The third kappa shape index (κ3) is 7.14. The summed E-state index contributed by atoms with van der Waals surface area (Å²) in [6, 6.07) is 0. The van der Waals surface area contributed by atoms with Crippen molar-refractivity contribution in [2.45, 2.75) is 53.6 Å². The molecule has 4 heterocycles. The number of carbonyl (C=O) groups excluding carboxylic acids is 2. The Labute approximate surface area is 251 Å². The number of thiol groups is 1. The molecular formula is C24H28BBrN5O6S3. The number of carbonyl (C=O) groups is 2. The van der Waals surface area contributed by atoms with Crippen molar-refractivity contribution in [1.29, 1.82) is 0 Å². The molecule has 1 radical (unpaired) electrons. The van der Waals surface area contributed by atoms with E-state index in [9.17, 15) is 28.8 Å². The van der Waals surface area contributed by atoms with Gasteiger partial charge in [-0.1, -0.05) is 0 Å². The first-order valence-corrected chi connectivity index (χ1v) is 14.7. The van der Waals surface area contributed by atoms with Crippen LogP contribution in [0.2, 0.25) is 0 Å². The fraction of sp³-hybridized carbons (Fsp3) is 0.417. The quantitative estimate of drug-likeness (QED) is 0.248. The van der Waals surface area contributed by atoms with E-state index < -0.39 is 0 Å². The fourth-order valence-corrected chi connectivity index (χ4v) is 6.46. The Morgan fingerprint density at radius 3 is 1.77 bits per heavy atom. The van der Waals surface area contributed by atoms with Gasteiger partial charge in [-0.05, 0) is 60.1 Å². The summed E-state index contributed by atoms with van der Waals surface area (Å²) < 4.78 is 8.74. The number of hydrogen-bond donors (Lipinski definition) is 1. The average molecular weight is 669 g/mol. The molecule has 11 nitrogen and oxygen atoms in total. The van der Waals surface area contributed by atoms with Gasteiger partial charge in [-0.3, -0.25) is 37.4 Å². The number of ketones is 2. The molecule has 0 unspecified atom stereocenters. The van der Waals surface area contributed by atoms with E-state index in [1.54, 1.807) is 14.1 Å². The van der Waals surface area contributed by atoms with Crippen LogP contribution in [-0.2, 0) is 36.8 Å². The van der Waals surface area contributed by atoms with E-state index in [0.717, 1.165) is 24.0 Å². The van der Waals surface area contributed by atoms with Crippen molar-refractivity contribution in [1.82, 2.24) is 18.3 Å². The molecule has 0 N–H and O–H groups in total. The van der Waals surface area contributed by atoms with Gasteiger partial charge in [0.05, 0.1) is 14.6 Å². The maximum absolute atomic E-state index is 12.4. The summed E-state index contributed by atoms with van der Waals surface area (Å²) in [6.45, 7) is 6.85. The molecule has 0 aliphatic rings. The number of aryl methyl sites for hydroxylation is 4. The van der Waals surface area contributed by atoms with Crippen LogP contribution in [0.25, 0.3) is 20.4 Å². The van der Waals surface area contributed by atoms with Gasteiger partial charge in [0, 0.05) is 40.0 Å². The van der Waals surface area contributed by atoms with E-state index in [0.29, 0.717) is 20.4 Å². The van der Waals surface area contributed by atoms with Crippen LogP contribution in [0, 0.1) is 13.8 Å². The summed E-state index contributed by atoms with van der Waals surface area (Å²) in [7, 11) is 7.62. The number of aromatic nitrogens is 4. The molecule has 0 spiro atoms. The molecule has 0 aliphatic carbocycles. The minimum atomic E-state index is -0.382. The second kappa shape index (κ2) is 14.3. The van der Waals surface area contributed by atoms with Crippen LogP contribution in [0.3, 0.4) is 0 Å². The van der Waals surface area contributed by atoms with Crippen molar-refractivity contribution < 1.29 is 9.59 Å². The van der Waals surface area contributed by atoms with Gasteiger partial charge in [-0.15, -0.1) is 22.7 Å². The molecule has 0 aromatic carbocycles. The van der Waals surface area contributed by atoms with Crippen LogP contribution in [-0.4, -0.2) is 37.5 Å². The number of rotatable bonds is 6. The van der Waals surface area contributed by atoms with Gasteiger partial charge >= 0.3 is 36.1 Å². The summed E-state index contributed by atoms with van der Waals surface area (Å²) in [4.78, 5) is 72.1. The van der Waals surface area contributed by atoms with Crippen LogP contribution in [0.5, 0.6) is 0 Å². The van der Waals surface area contributed by atoms with Crippen molar-refractivity contribution in [3.63, 3.8) is 0 Å². The van der Waals surface area contributed by atoms with Crippen molar-refractivity contribution in [3.05, 3.63) is 62.0 Å². The van der Waals surface area contributed by atoms with Crippen LogP contribution in [0.1, 0.15) is 37.8 Å². The number of halogens is 1. The van der Waals surface area contributed by atoms with Gasteiger partial charge in [0.15, 0.2) is 0 Å². The third-order valence-corrected chi connectivity index (χ3v) is 9.37. The van der Waals surface area contributed by atoms with Crippen molar-refractivity contribution in [3.8, 4) is 0 Å². The molecule has 0 saturated heterocycles. The first-order valence-electron chi connectivity index (χ1n) is 11.8. The SMILES string of the molecule is CC(=O)CCn1c(=O)c2c(C)c(Br)sc2n(C)c1=O.CC(=O)CCn1c(=O)c2c(C)csc2n(C)c1=O.[B]=NS. The van der Waals surface area contributed by atoms with Gasteiger partial charge in [-0.25, -0.2) is 9.59 Å². The molecule has 4 aromatic rings. The second-order valence-electron chi connectivity index (χ2n) is 8.90. The number of Topliss-reactive ketones (excluding diaryl/α,β-unsaturated/α-hetero) is 2. The van der Waals surface area contributed by atoms with E-state index >= 15 is 0 Å². The van der Waals surface area contributed by atoms with Crippen molar-refractivity contribution >= 4 is 91.1 Å². The maximum atomic E-state index is 12.4. The van der Waals surface area contributed by atoms with Gasteiger partial charge in [0.1, 0.15) is 21.2 Å². The second-order valence-corrected chi connectivity index (χ2v) is 12.3. The zero-order valence-electron chi connectivity index (χ0n) is 22.8. The van der Waals surface area contributed by atoms with E-state index in [4.69, 9.17) is 0 Å². The van der Waals surface area contributed by atoms with Crippen LogP contribution in [0.4, 0.5) is 0 Å². The molecule has 0 bridgehead atoms. The normalized spacial score (nSPS) is 10.6. The third-order valence-electron chi connectivity index (χ3n) is 5.96. The van der Waals surface area contributed by atoms with Gasteiger partial charge in [0.25, 0.3) is 11.1 Å². The van der Waals surface area contributed by atoms with E-state index in [-0.39, 0.29) is 60.0 Å². The molecule has 0 fully saturated rings. The van der Waals surface area contributed by atoms with Crippen molar-refractivity contribution in [2.75, 3.05) is 0 Å². The number of hydrogen-bond acceptors (Lipinski definition) is 10. The summed E-state index contributed by atoms with van der Waals surface area (Å²) >= 11 is 9.33. The molecule has 0 amide bonds. The average Bonchev–Trinajstić information content (AvgIpc) is 3.41. The molecule has 16 heteroatoms. The predicted octanol–water partition coefficient (Wildman–Crippen LogP) is 3.04. The van der Waals surface area contributed by atoms with Gasteiger partial charge < -0.3 is 0 Å². The Morgan fingerprint density at radius 2 is 1.32 bits per heavy atom. The van der Waals surface area contributed by atoms with Crippen LogP contribution < -0.4 is 22.5 Å². The molecular weight excluding hydrogens is 641 g/mol. The molecule has 213 valence electrons. The molecule has 0 saturated carbocycles. The van der Waals surface area contributed by atoms with E-state index in [2.05, 4.69) is 40.7 Å². The molecule has 4 rings (SSSR count).